The standard InChI is InChI=1S/C18H17BrClN/c1-14(15-7-9-17(20)10-8-15)18(13-21,11-12-19)16-5-3-2-4-6-16/h2-10,14H,11-12H2,1H3. The molecule has 108 valence electrons. The Bertz CT molecular complexity index is 618. The fraction of sp³-hybridized carbons (Fsp3) is 0.278. The molecule has 2 aromatic carbocycles. The van der Waals surface area contributed by atoms with Gasteiger partial charge in [-0.25, -0.2) is 0 Å². The number of nitrogens with zero attached hydrogens (tertiary/aromatic N) is 1. The smallest absolute Gasteiger partial charge is 0.0895 e. The van der Waals surface area contributed by atoms with Crippen molar-refractivity contribution in [1.82, 2.24) is 0 Å². The van der Waals surface area contributed by atoms with Gasteiger partial charge in [-0.1, -0.05) is 76.9 Å². The zero-order chi connectivity index (χ0) is 15.3. The lowest BCUT2D eigenvalue weighted by Gasteiger charge is -2.33. The van der Waals surface area contributed by atoms with Crippen molar-refractivity contribution < 1.29 is 0 Å². The first kappa shape index (κ1) is 16.1. The molecule has 0 N–H and O–H groups in total. The van der Waals surface area contributed by atoms with Gasteiger partial charge in [0.15, 0.2) is 0 Å². The Morgan fingerprint density at radius 3 is 2.29 bits per heavy atom. The third-order valence-electron chi connectivity index (χ3n) is 4.09. The summed E-state index contributed by atoms with van der Waals surface area (Å²) in [6, 6.07) is 20.4. The summed E-state index contributed by atoms with van der Waals surface area (Å²) in [4.78, 5) is 0. The molecular weight excluding hydrogens is 346 g/mol. The third-order valence-corrected chi connectivity index (χ3v) is 4.73. The van der Waals surface area contributed by atoms with E-state index in [4.69, 9.17) is 11.6 Å². The summed E-state index contributed by atoms with van der Waals surface area (Å²) < 4.78 is 0. The molecule has 2 aromatic rings. The molecule has 0 aliphatic rings. The van der Waals surface area contributed by atoms with Gasteiger partial charge in [0.1, 0.15) is 0 Å². The lowest BCUT2D eigenvalue weighted by atomic mass is 9.68. The summed E-state index contributed by atoms with van der Waals surface area (Å²) in [5.74, 6) is 0.0831. The highest BCUT2D eigenvalue weighted by Crippen LogP contribution is 2.42. The maximum atomic E-state index is 9.95. The van der Waals surface area contributed by atoms with Crippen molar-refractivity contribution in [3.63, 3.8) is 0 Å². The maximum absolute atomic E-state index is 9.95. The van der Waals surface area contributed by atoms with Crippen LogP contribution in [0.25, 0.3) is 0 Å². The minimum atomic E-state index is -0.543. The highest BCUT2D eigenvalue weighted by Gasteiger charge is 2.38. The monoisotopic (exact) mass is 361 g/mol. The largest absolute Gasteiger partial charge is 0.197 e. The van der Waals surface area contributed by atoms with E-state index < -0.39 is 5.41 Å². The summed E-state index contributed by atoms with van der Waals surface area (Å²) in [5.41, 5.74) is 1.65. The molecular formula is C18H17BrClN. The molecule has 0 heterocycles. The predicted molar refractivity (Wildman–Crippen MR) is 92.0 cm³/mol. The van der Waals surface area contributed by atoms with Crippen molar-refractivity contribution >= 4 is 27.5 Å². The fourth-order valence-corrected chi connectivity index (χ4v) is 3.50. The van der Waals surface area contributed by atoms with Crippen LogP contribution in [0.4, 0.5) is 0 Å². The summed E-state index contributed by atoms with van der Waals surface area (Å²) in [5, 5.41) is 11.5. The van der Waals surface area contributed by atoms with Crippen molar-refractivity contribution in [3.8, 4) is 6.07 Å². The van der Waals surface area contributed by atoms with Crippen LogP contribution < -0.4 is 0 Å². The molecule has 0 aliphatic carbocycles. The number of nitriles is 1. The molecule has 2 rings (SSSR count). The van der Waals surface area contributed by atoms with Gasteiger partial charge in [0.25, 0.3) is 0 Å². The second-order valence-electron chi connectivity index (χ2n) is 5.16. The van der Waals surface area contributed by atoms with Crippen LogP contribution in [-0.4, -0.2) is 5.33 Å². The van der Waals surface area contributed by atoms with E-state index in [-0.39, 0.29) is 5.92 Å². The number of halogens is 2. The van der Waals surface area contributed by atoms with Gasteiger partial charge in [0.2, 0.25) is 0 Å². The second kappa shape index (κ2) is 7.11. The number of alkyl halides is 1. The summed E-state index contributed by atoms with van der Waals surface area (Å²) in [6.07, 6.45) is 0.761. The van der Waals surface area contributed by atoms with Gasteiger partial charge in [-0.2, -0.15) is 5.26 Å². The number of benzene rings is 2. The Balaban J connectivity index is 2.50. The average Bonchev–Trinajstić information content (AvgIpc) is 2.53. The fourth-order valence-electron chi connectivity index (χ4n) is 2.75. The van der Waals surface area contributed by atoms with Crippen LogP contribution in [0.1, 0.15) is 30.4 Å². The van der Waals surface area contributed by atoms with E-state index in [0.29, 0.717) is 5.02 Å². The van der Waals surface area contributed by atoms with E-state index in [0.717, 1.165) is 22.9 Å². The third kappa shape index (κ3) is 3.31. The first-order chi connectivity index (χ1) is 10.1. The molecule has 0 fully saturated rings. The van der Waals surface area contributed by atoms with Crippen LogP contribution in [0.2, 0.25) is 5.02 Å². The van der Waals surface area contributed by atoms with Gasteiger partial charge in [0, 0.05) is 16.3 Å². The number of hydrogen-bond acceptors (Lipinski definition) is 1. The molecule has 0 radical (unpaired) electrons. The topological polar surface area (TPSA) is 23.8 Å². The molecule has 0 amide bonds. The molecule has 0 aromatic heterocycles. The zero-order valence-corrected chi connectivity index (χ0v) is 14.2. The average molecular weight is 363 g/mol. The Hall–Kier alpha value is -1.30. The molecule has 0 spiro atoms. The Morgan fingerprint density at radius 1 is 1.14 bits per heavy atom. The molecule has 3 heteroatoms. The Morgan fingerprint density at radius 2 is 1.76 bits per heavy atom. The van der Waals surface area contributed by atoms with Gasteiger partial charge < -0.3 is 0 Å². The molecule has 2 atom stereocenters. The summed E-state index contributed by atoms with van der Waals surface area (Å²) in [6.45, 7) is 2.11. The van der Waals surface area contributed by atoms with Gasteiger partial charge in [-0.05, 0) is 29.7 Å². The van der Waals surface area contributed by atoms with Crippen LogP contribution in [-0.2, 0) is 5.41 Å². The van der Waals surface area contributed by atoms with Gasteiger partial charge in [0.05, 0.1) is 11.5 Å². The van der Waals surface area contributed by atoms with Gasteiger partial charge in [-0.15, -0.1) is 0 Å². The van der Waals surface area contributed by atoms with Crippen molar-refractivity contribution in [2.24, 2.45) is 0 Å². The van der Waals surface area contributed by atoms with Crippen molar-refractivity contribution in [2.75, 3.05) is 5.33 Å². The zero-order valence-electron chi connectivity index (χ0n) is 11.9. The highest BCUT2D eigenvalue weighted by atomic mass is 79.9. The maximum Gasteiger partial charge on any atom is 0.0895 e. The Labute approximate surface area is 139 Å². The van der Waals surface area contributed by atoms with E-state index in [1.807, 2.05) is 54.6 Å². The molecule has 2 unspecified atom stereocenters. The molecule has 21 heavy (non-hydrogen) atoms. The molecule has 1 nitrogen and oxygen atoms in total. The van der Waals surface area contributed by atoms with Gasteiger partial charge >= 0.3 is 0 Å². The Kier molecular flexibility index (Phi) is 5.45. The van der Waals surface area contributed by atoms with E-state index in [9.17, 15) is 5.26 Å². The quantitative estimate of drug-likeness (QED) is 0.627. The first-order valence-corrected chi connectivity index (χ1v) is 8.42. The molecule has 0 saturated heterocycles. The van der Waals surface area contributed by atoms with E-state index in [1.165, 1.54) is 0 Å². The normalized spacial score (nSPS) is 15.0. The van der Waals surface area contributed by atoms with E-state index in [1.54, 1.807) is 0 Å². The van der Waals surface area contributed by atoms with Crippen molar-refractivity contribution in [1.29, 1.82) is 5.26 Å². The molecule has 0 bridgehead atoms. The summed E-state index contributed by atoms with van der Waals surface area (Å²) in [7, 11) is 0. The van der Waals surface area contributed by atoms with E-state index >= 15 is 0 Å². The van der Waals surface area contributed by atoms with Crippen LogP contribution in [0.3, 0.4) is 0 Å². The predicted octanol–water partition coefficient (Wildman–Crippen LogP) is 5.69. The van der Waals surface area contributed by atoms with Crippen LogP contribution in [0, 0.1) is 11.3 Å². The van der Waals surface area contributed by atoms with E-state index in [2.05, 4.69) is 28.9 Å². The molecule has 0 saturated carbocycles. The van der Waals surface area contributed by atoms with Crippen LogP contribution >= 0.6 is 27.5 Å². The second-order valence-corrected chi connectivity index (χ2v) is 6.39. The van der Waals surface area contributed by atoms with Crippen molar-refractivity contribution in [2.45, 2.75) is 24.7 Å². The first-order valence-electron chi connectivity index (χ1n) is 6.92. The van der Waals surface area contributed by atoms with Gasteiger partial charge in [-0.3, -0.25) is 0 Å². The SMILES string of the molecule is CC(c1ccc(Cl)cc1)C(C#N)(CCBr)c1ccccc1. The minimum Gasteiger partial charge on any atom is -0.197 e. The lowest BCUT2D eigenvalue weighted by Crippen LogP contribution is -2.31. The number of rotatable bonds is 5. The number of hydrogen-bond donors (Lipinski definition) is 0. The minimum absolute atomic E-state index is 0.0831. The lowest BCUT2D eigenvalue weighted by molar-refractivity contribution is 0.449. The highest BCUT2D eigenvalue weighted by molar-refractivity contribution is 9.09. The van der Waals surface area contributed by atoms with Crippen molar-refractivity contribution in [3.05, 3.63) is 70.7 Å². The molecule has 0 aliphatic heterocycles. The van der Waals surface area contributed by atoms with Crippen LogP contribution in [0.15, 0.2) is 54.6 Å². The summed E-state index contributed by atoms with van der Waals surface area (Å²) >= 11 is 9.47. The van der Waals surface area contributed by atoms with Crippen LogP contribution in [0.5, 0.6) is 0 Å².